The molecule has 0 saturated carbocycles. The quantitative estimate of drug-likeness (QED) is 0.176. The van der Waals surface area contributed by atoms with Gasteiger partial charge in [0, 0.05) is 6.16 Å². The molecule has 0 aliphatic carbocycles. The van der Waals surface area contributed by atoms with Crippen LogP contribution in [0.5, 0.6) is 0 Å². The molecule has 0 aliphatic rings. The predicted octanol–water partition coefficient (Wildman–Crippen LogP) is 7.76. The SMILES string of the molecule is CCCCCCCCCCO[PH](=O)CCCCCCCCCC. The summed E-state index contributed by atoms with van der Waals surface area (Å²) in [4.78, 5) is 0. The third kappa shape index (κ3) is 20.1. The topological polar surface area (TPSA) is 26.3 Å². The van der Waals surface area contributed by atoms with E-state index < -0.39 is 8.03 Å². The van der Waals surface area contributed by atoms with E-state index in [1.165, 1.54) is 89.9 Å². The highest BCUT2D eigenvalue weighted by Gasteiger charge is 2.00. The lowest BCUT2D eigenvalue weighted by molar-refractivity contribution is 0.315. The second-order valence-electron chi connectivity index (χ2n) is 6.92. The van der Waals surface area contributed by atoms with Crippen molar-refractivity contribution in [1.29, 1.82) is 0 Å². The lowest BCUT2D eigenvalue weighted by Crippen LogP contribution is -1.90. The largest absolute Gasteiger partial charge is 0.330 e. The van der Waals surface area contributed by atoms with Crippen molar-refractivity contribution in [2.75, 3.05) is 12.8 Å². The maximum Gasteiger partial charge on any atom is 0.191 e. The van der Waals surface area contributed by atoms with Crippen LogP contribution in [0.1, 0.15) is 117 Å². The summed E-state index contributed by atoms with van der Waals surface area (Å²) in [5.41, 5.74) is 0. The van der Waals surface area contributed by atoms with E-state index in [1.54, 1.807) is 0 Å². The number of hydrogen-bond donors (Lipinski definition) is 0. The minimum Gasteiger partial charge on any atom is -0.330 e. The van der Waals surface area contributed by atoms with Gasteiger partial charge < -0.3 is 4.52 Å². The van der Waals surface area contributed by atoms with Gasteiger partial charge in [-0.05, 0) is 12.8 Å². The van der Waals surface area contributed by atoms with Crippen molar-refractivity contribution >= 4 is 8.03 Å². The van der Waals surface area contributed by atoms with Gasteiger partial charge in [0.1, 0.15) is 0 Å². The van der Waals surface area contributed by atoms with Crippen molar-refractivity contribution in [1.82, 2.24) is 0 Å². The van der Waals surface area contributed by atoms with E-state index in [-0.39, 0.29) is 0 Å². The first-order valence-electron chi connectivity index (χ1n) is 10.5. The molecule has 3 heteroatoms. The van der Waals surface area contributed by atoms with Crippen molar-refractivity contribution in [3.8, 4) is 0 Å². The van der Waals surface area contributed by atoms with Gasteiger partial charge in [-0.15, -0.1) is 0 Å². The van der Waals surface area contributed by atoms with Gasteiger partial charge in [-0.3, -0.25) is 4.57 Å². The van der Waals surface area contributed by atoms with Gasteiger partial charge in [0.05, 0.1) is 6.61 Å². The van der Waals surface area contributed by atoms with Crippen molar-refractivity contribution < 1.29 is 9.09 Å². The minimum absolute atomic E-state index is 0.712. The Bertz CT molecular complexity index is 244. The molecule has 0 aromatic heterocycles. The Kier molecular flexibility index (Phi) is 20.4. The normalized spacial score (nSPS) is 12.6. The molecule has 0 amide bonds. The molecule has 0 fully saturated rings. The first-order valence-corrected chi connectivity index (χ1v) is 12.0. The molecule has 1 atom stereocenters. The Morgan fingerprint density at radius 1 is 0.565 bits per heavy atom. The number of hydrogen-bond acceptors (Lipinski definition) is 2. The fourth-order valence-electron chi connectivity index (χ4n) is 2.90. The summed E-state index contributed by atoms with van der Waals surface area (Å²) in [5, 5.41) is 0. The summed E-state index contributed by atoms with van der Waals surface area (Å²) in [7, 11) is -1.74. The summed E-state index contributed by atoms with van der Waals surface area (Å²) in [5.74, 6) is 0. The summed E-state index contributed by atoms with van der Waals surface area (Å²) >= 11 is 0. The molecular weight excluding hydrogens is 303 g/mol. The fourth-order valence-corrected chi connectivity index (χ4v) is 3.95. The van der Waals surface area contributed by atoms with Crippen LogP contribution >= 0.6 is 8.03 Å². The van der Waals surface area contributed by atoms with E-state index in [9.17, 15) is 4.57 Å². The molecule has 0 bridgehead atoms. The van der Waals surface area contributed by atoms with Crippen LogP contribution in [0, 0.1) is 0 Å². The predicted molar refractivity (Wildman–Crippen MR) is 105 cm³/mol. The molecule has 1 unspecified atom stereocenters. The van der Waals surface area contributed by atoms with Crippen LogP contribution in [0.2, 0.25) is 0 Å². The van der Waals surface area contributed by atoms with Crippen LogP contribution in [-0.2, 0) is 9.09 Å². The first-order chi connectivity index (χ1) is 11.3. The van der Waals surface area contributed by atoms with Crippen LogP contribution in [0.4, 0.5) is 0 Å². The molecule has 2 nitrogen and oxygen atoms in total. The highest BCUT2D eigenvalue weighted by atomic mass is 31.1. The zero-order chi connectivity index (χ0) is 17.0. The van der Waals surface area contributed by atoms with Crippen LogP contribution < -0.4 is 0 Å². The molecule has 0 radical (unpaired) electrons. The zero-order valence-corrected chi connectivity index (χ0v) is 17.0. The maximum absolute atomic E-state index is 11.8. The molecule has 0 spiro atoms. The lowest BCUT2D eigenvalue weighted by Gasteiger charge is -2.05. The highest BCUT2D eigenvalue weighted by Crippen LogP contribution is 2.25. The van der Waals surface area contributed by atoms with Gasteiger partial charge in [-0.1, -0.05) is 104 Å². The standard InChI is InChI=1S/C20H43O2P/c1-3-5-7-9-11-13-15-17-19-22-23(21)20-18-16-14-12-10-8-6-4-2/h23H,3-20H2,1-2H3. The van der Waals surface area contributed by atoms with Gasteiger partial charge in [0.25, 0.3) is 0 Å². The smallest absolute Gasteiger partial charge is 0.191 e. The Labute approximate surface area is 147 Å². The van der Waals surface area contributed by atoms with Crippen LogP contribution in [0.15, 0.2) is 0 Å². The molecule has 0 rings (SSSR count). The third-order valence-electron chi connectivity index (χ3n) is 4.50. The Balaban J connectivity index is 3.13. The molecule has 0 saturated heterocycles. The van der Waals surface area contributed by atoms with E-state index in [4.69, 9.17) is 4.52 Å². The van der Waals surface area contributed by atoms with E-state index in [0.29, 0.717) is 6.61 Å². The zero-order valence-electron chi connectivity index (χ0n) is 16.0. The van der Waals surface area contributed by atoms with Gasteiger partial charge in [-0.2, -0.15) is 0 Å². The van der Waals surface area contributed by atoms with Crippen LogP contribution in [-0.4, -0.2) is 12.8 Å². The van der Waals surface area contributed by atoms with Gasteiger partial charge in [0.2, 0.25) is 0 Å². The van der Waals surface area contributed by atoms with E-state index in [2.05, 4.69) is 13.8 Å². The van der Waals surface area contributed by atoms with E-state index in [0.717, 1.165) is 19.0 Å². The summed E-state index contributed by atoms with van der Waals surface area (Å²) in [6.45, 7) is 5.22. The molecule has 0 aliphatic heterocycles. The van der Waals surface area contributed by atoms with Crippen molar-refractivity contribution in [2.45, 2.75) is 117 Å². The summed E-state index contributed by atoms with van der Waals surface area (Å²) in [6, 6.07) is 0. The lowest BCUT2D eigenvalue weighted by atomic mass is 10.1. The van der Waals surface area contributed by atoms with E-state index in [1.807, 2.05) is 0 Å². The molecule has 0 N–H and O–H groups in total. The van der Waals surface area contributed by atoms with Crippen molar-refractivity contribution in [2.24, 2.45) is 0 Å². The molecule has 0 aromatic rings. The van der Waals surface area contributed by atoms with Gasteiger partial charge in [0.15, 0.2) is 8.03 Å². The summed E-state index contributed by atoms with van der Waals surface area (Å²) < 4.78 is 17.3. The first kappa shape index (κ1) is 23.2. The van der Waals surface area contributed by atoms with Gasteiger partial charge >= 0.3 is 0 Å². The van der Waals surface area contributed by atoms with Crippen molar-refractivity contribution in [3.05, 3.63) is 0 Å². The fraction of sp³-hybridized carbons (Fsp3) is 1.00. The Morgan fingerprint density at radius 2 is 0.957 bits per heavy atom. The maximum atomic E-state index is 11.8. The van der Waals surface area contributed by atoms with Crippen LogP contribution in [0.25, 0.3) is 0 Å². The van der Waals surface area contributed by atoms with E-state index >= 15 is 0 Å². The number of unbranched alkanes of at least 4 members (excludes halogenated alkanes) is 14. The monoisotopic (exact) mass is 346 g/mol. The van der Waals surface area contributed by atoms with Gasteiger partial charge in [-0.25, -0.2) is 0 Å². The second kappa shape index (κ2) is 20.2. The Morgan fingerprint density at radius 3 is 1.43 bits per heavy atom. The third-order valence-corrected chi connectivity index (χ3v) is 5.78. The van der Waals surface area contributed by atoms with Crippen molar-refractivity contribution in [3.63, 3.8) is 0 Å². The molecule has 140 valence electrons. The minimum atomic E-state index is -1.74. The average Bonchev–Trinajstić information content (AvgIpc) is 2.56. The number of rotatable bonds is 19. The molecule has 0 heterocycles. The molecule has 0 aromatic carbocycles. The second-order valence-corrected chi connectivity index (χ2v) is 8.45. The molecule has 23 heavy (non-hydrogen) atoms. The van der Waals surface area contributed by atoms with Crippen LogP contribution in [0.3, 0.4) is 0 Å². The summed E-state index contributed by atoms with van der Waals surface area (Å²) in [6.07, 6.45) is 21.7. The Hall–Kier alpha value is 0.190. The average molecular weight is 347 g/mol. The highest BCUT2D eigenvalue weighted by molar-refractivity contribution is 7.39. The molecular formula is C20H43O2P.